The molecule has 0 radical (unpaired) electrons. The molecule has 1 amide bonds. The lowest BCUT2D eigenvalue weighted by Gasteiger charge is -2.19. The van der Waals surface area contributed by atoms with Gasteiger partial charge in [-0.1, -0.05) is 35.9 Å². The van der Waals surface area contributed by atoms with Gasteiger partial charge in [-0.15, -0.1) is 0 Å². The minimum atomic E-state index is -3.27. The van der Waals surface area contributed by atoms with Crippen molar-refractivity contribution < 1.29 is 13.2 Å². The number of anilines is 1. The molecule has 1 fully saturated rings. The molecule has 2 aromatic carbocycles. The number of carbonyl (C=O) groups is 1. The molecule has 1 heterocycles. The number of nitrogens with zero attached hydrogens (tertiary/aromatic N) is 1. The van der Waals surface area contributed by atoms with Crippen LogP contribution in [0.15, 0.2) is 48.5 Å². The van der Waals surface area contributed by atoms with Gasteiger partial charge in [0, 0.05) is 17.1 Å². The molecule has 0 bridgehead atoms. The van der Waals surface area contributed by atoms with E-state index in [1.54, 1.807) is 30.3 Å². The van der Waals surface area contributed by atoms with E-state index in [1.807, 2.05) is 25.1 Å². The lowest BCUT2D eigenvalue weighted by atomic mass is 10.1. The second kappa shape index (κ2) is 7.06. The molecule has 25 heavy (non-hydrogen) atoms. The maximum Gasteiger partial charge on any atom is 0.251 e. The Hall–Kier alpha value is -2.05. The lowest BCUT2D eigenvalue weighted by molar-refractivity contribution is 0.0940. The van der Waals surface area contributed by atoms with Gasteiger partial charge in [-0.25, -0.2) is 8.42 Å². The van der Waals surface area contributed by atoms with E-state index in [0.717, 1.165) is 5.56 Å². The molecule has 132 valence electrons. The van der Waals surface area contributed by atoms with Crippen molar-refractivity contribution >= 4 is 33.2 Å². The molecule has 1 atom stereocenters. The van der Waals surface area contributed by atoms with Gasteiger partial charge in [-0.3, -0.25) is 9.10 Å². The monoisotopic (exact) mass is 378 g/mol. The second-order valence-electron chi connectivity index (χ2n) is 6.01. The molecule has 0 aromatic heterocycles. The van der Waals surface area contributed by atoms with Gasteiger partial charge in [-0.05, 0) is 43.2 Å². The van der Waals surface area contributed by atoms with Crippen LogP contribution in [0.2, 0.25) is 5.02 Å². The Labute approximate surface area is 152 Å². The highest BCUT2D eigenvalue weighted by molar-refractivity contribution is 7.93. The van der Waals surface area contributed by atoms with E-state index in [2.05, 4.69) is 5.32 Å². The van der Waals surface area contributed by atoms with E-state index < -0.39 is 10.0 Å². The summed E-state index contributed by atoms with van der Waals surface area (Å²) in [7, 11) is -3.27. The lowest BCUT2D eigenvalue weighted by Crippen LogP contribution is -2.28. The van der Waals surface area contributed by atoms with Crippen molar-refractivity contribution in [2.75, 3.05) is 16.6 Å². The molecule has 0 unspecified atom stereocenters. The summed E-state index contributed by atoms with van der Waals surface area (Å²) in [4.78, 5) is 12.5. The first-order valence-electron chi connectivity index (χ1n) is 8.04. The smallest absolute Gasteiger partial charge is 0.251 e. The Balaban J connectivity index is 1.79. The van der Waals surface area contributed by atoms with Crippen LogP contribution in [0, 0.1) is 0 Å². The van der Waals surface area contributed by atoms with Crippen molar-refractivity contribution in [3.05, 3.63) is 64.7 Å². The van der Waals surface area contributed by atoms with Gasteiger partial charge in [0.2, 0.25) is 10.0 Å². The molecule has 1 aliphatic heterocycles. The summed E-state index contributed by atoms with van der Waals surface area (Å²) in [5.74, 6) is -0.127. The van der Waals surface area contributed by atoms with Gasteiger partial charge in [0.15, 0.2) is 0 Å². The van der Waals surface area contributed by atoms with Crippen molar-refractivity contribution in [1.82, 2.24) is 5.32 Å². The van der Waals surface area contributed by atoms with E-state index in [9.17, 15) is 13.2 Å². The van der Waals surface area contributed by atoms with Gasteiger partial charge in [0.05, 0.1) is 17.5 Å². The number of amides is 1. The standard InChI is InChI=1S/C18H19ClN2O3S/c1-13(16-8-2-3-9-17(16)19)20-18(22)14-6-4-7-15(12-14)21-10-5-11-25(21,23)24/h2-4,6-9,12-13H,5,10-11H2,1H3,(H,20,22)/t13-/m1/s1. The molecule has 5 nitrogen and oxygen atoms in total. The number of halogens is 1. The number of rotatable bonds is 4. The van der Waals surface area contributed by atoms with Crippen LogP contribution in [0.25, 0.3) is 0 Å². The molecule has 0 saturated carbocycles. The number of nitrogens with one attached hydrogen (secondary N) is 1. The van der Waals surface area contributed by atoms with E-state index in [-0.39, 0.29) is 17.7 Å². The van der Waals surface area contributed by atoms with Crippen LogP contribution in [0.3, 0.4) is 0 Å². The van der Waals surface area contributed by atoms with Crippen LogP contribution in [0.4, 0.5) is 5.69 Å². The minimum Gasteiger partial charge on any atom is -0.345 e. The first-order valence-corrected chi connectivity index (χ1v) is 10.0. The fraction of sp³-hybridized carbons (Fsp3) is 0.278. The summed E-state index contributed by atoms with van der Waals surface area (Å²) in [6.45, 7) is 2.30. The van der Waals surface area contributed by atoms with Gasteiger partial charge in [0.25, 0.3) is 5.91 Å². The van der Waals surface area contributed by atoms with Crippen LogP contribution in [0.1, 0.15) is 35.3 Å². The van der Waals surface area contributed by atoms with Gasteiger partial charge < -0.3 is 5.32 Å². The van der Waals surface area contributed by atoms with Crippen LogP contribution < -0.4 is 9.62 Å². The highest BCUT2D eigenvalue weighted by Crippen LogP contribution is 2.26. The molecule has 1 saturated heterocycles. The molecule has 1 aliphatic rings. The molecule has 0 aliphatic carbocycles. The van der Waals surface area contributed by atoms with Crippen molar-refractivity contribution in [1.29, 1.82) is 0 Å². The Morgan fingerprint density at radius 2 is 1.96 bits per heavy atom. The third-order valence-corrected chi connectivity index (χ3v) is 6.43. The fourth-order valence-corrected chi connectivity index (χ4v) is 4.77. The van der Waals surface area contributed by atoms with Crippen molar-refractivity contribution in [2.24, 2.45) is 0 Å². The summed E-state index contributed by atoms with van der Waals surface area (Å²) >= 11 is 6.17. The predicted octanol–water partition coefficient (Wildman–Crippen LogP) is 3.37. The zero-order valence-corrected chi connectivity index (χ0v) is 15.3. The van der Waals surface area contributed by atoms with Crippen LogP contribution in [0.5, 0.6) is 0 Å². The van der Waals surface area contributed by atoms with Crippen LogP contribution >= 0.6 is 11.6 Å². The third-order valence-electron chi connectivity index (χ3n) is 4.21. The molecule has 1 N–H and O–H groups in total. The molecular weight excluding hydrogens is 360 g/mol. The van der Waals surface area contributed by atoms with E-state index in [1.165, 1.54) is 4.31 Å². The largest absolute Gasteiger partial charge is 0.345 e. The first-order chi connectivity index (χ1) is 11.9. The first kappa shape index (κ1) is 17.8. The maximum absolute atomic E-state index is 12.5. The predicted molar refractivity (Wildman–Crippen MR) is 99.5 cm³/mol. The molecule has 7 heteroatoms. The summed E-state index contributed by atoms with van der Waals surface area (Å²) in [5.41, 5.74) is 1.77. The van der Waals surface area contributed by atoms with E-state index in [0.29, 0.717) is 29.2 Å². The topological polar surface area (TPSA) is 66.5 Å². The van der Waals surface area contributed by atoms with Crippen molar-refractivity contribution in [2.45, 2.75) is 19.4 Å². The Morgan fingerprint density at radius 1 is 1.20 bits per heavy atom. The van der Waals surface area contributed by atoms with Gasteiger partial charge in [0.1, 0.15) is 0 Å². The summed E-state index contributed by atoms with van der Waals surface area (Å²) in [6.07, 6.45) is 0.600. The Kier molecular flexibility index (Phi) is 5.01. The zero-order chi connectivity index (χ0) is 18.0. The van der Waals surface area contributed by atoms with E-state index >= 15 is 0 Å². The maximum atomic E-state index is 12.5. The van der Waals surface area contributed by atoms with Crippen LogP contribution in [-0.2, 0) is 10.0 Å². The Bertz CT molecular complexity index is 899. The van der Waals surface area contributed by atoms with Gasteiger partial charge >= 0.3 is 0 Å². The SMILES string of the molecule is C[C@@H](NC(=O)c1cccc(N2CCCS2(=O)=O)c1)c1ccccc1Cl. The third kappa shape index (κ3) is 3.80. The average Bonchev–Trinajstić information content (AvgIpc) is 2.94. The normalized spacial score (nSPS) is 17.3. The molecular formula is C18H19ClN2O3S. The van der Waals surface area contributed by atoms with E-state index in [4.69, 9.17) is 11.6 Å². The van der Waals surface area contributed by atoms with Crippen molar-refractivity contribution in [3.63, 3.8) is 0 Å². The Morgan fingerprint density at radius 3 is 2.64 bits per heavy atom. The quantitative estimate of drug-likeness (QED) is 0.886. The summed E-state index contributed by atoms with van der Waals surface area (Å²) < 4.78 is 25.5. The van der Waals surface area contributed by atoms with Crippen molar-refractivity contribution in [3.8, 4) is 0 Å². The number of benzene rings is 2. The summed E-state index contributed by atoms with van der Waals surface area (Å²) in [6, 6.07) is 13.7. The minimum absolute atomic E-state index is 0.146. The second-order valence-corrected chi connectivity index (χ2v) is 8.43. The number of hydrogen-bond donors (Lipinski definition) is 1. The van der Waals surface area contributed by atoms with Crippen LogP contribution in [-0.4, -0.2) is 26.6 Å². The molecule has 0 spiro atoms. The highest BCUT2D eigenvalue weighted by Gasteiger charge is 2.28. The fourth-order valence-electron chi connectivity index (χ4n) is 2.92. The highest BCUT2D eigenvalue weighted by atomic mass is 35.5. The summed E-state index contributed by atoms with van der Waals surface area (Å²) in [5, 5.41) is 3.49. The zero-order valence-electron chi connectivity index (χ0n) is 13.8. The average molecular weight is 379 g/mol. The molecule has 2 aromatic rings. The number of sulfonamides is 1. The van der Waals surface area contributed by atoms with Gasteiger partial charge in [-0.2, -0.15) is 0 Å². The number of hydrogen-bond acceptors (Lipinski definition) is 3. The number of carbonyl (C=O) groups excluding carboxylic acids is 1. The molecule has 3 rings (SSSR count).